The summed E-state index contributed by atoms with van der Waals surface area (Å²) in [5.41, 5.74) is 2.14. The van der Waals surface area contributed by atoms with E-state index in [1.54, 1.807) is 24.3 Å². The molecule has 100 valence electrons. The second-order valence-electron chi connectivity index (χ2n) is 3.64. The van der Waals surface area contributed by atoms with Gasteiger partial charge in [0.2, 0.25) is 0 Å². The van der Waals surface area contributed by atoms with Gasteiger partial charge in [-0.3, -0.25) is 10.2 Å². The number of carbonyl (C=O) groups excluding carboxylic acids is 1. The number of amides is 1. The highest BCUT2D eigenvalue weighted by Crippen LogP contribution is 2.15. The molecule has 0 atom stereocenters. The van der Waals surface area contributed by atoms with Crippen LogP contribution in [0.2, 0.25) is 5.02 Å². The van der Waals surface area contributed by atoms with Gasteiger partial charge >= 0.3 is 0 Å². The zero-order valence-corrected chi connectivity index (χ0v) is 10.7. The Labute approximate surface area is 114 Å². The van der Waals surface area contributed by atoms with E-state index in [2.05, 4.69) is 10.3 Å². The van der Waals surface area contributed by atoms with Gasteiger partial charge in [-0.2, -0.15) is 0 Å². The number of nitrogen functional groups attached to an aromatic ring is 1. The minimum atomic E-state index is -0.482. The SMILES string of the molecule is NNC(=O)c1cn(CCOc2ccc(Cl)cc2)nn1. The van der Waals surface area contributed by atoms with Crippen molar-refractivity contribution in [1.82, 2.24) is 20.4 Å². The molecule has 0 saturated heterocycles. The standard InChI is InChI=1S/C11H12ClN5O2/c12-8-1-3-9(4-2-8)19-6-5-17-7-10(15-16-17)11(18)14-13/h1-4,7H,5-6,13H2,(H,14,18). The van der Waals surface area contributed by atoms with Gasteiger partial charge in [-0.05, 0) is 24.3 Å². The fourth-order valence-corrected chi connectivity index (χ4v) is 1.50. The van der Waals surface area contributed by atoms with Crippen molar-refractivity contribution in [2.45, 2.75) is 6.54 Å². The van der Waals surface area contributed by atoms with Crippen LogP contribution in [0.1, 0.15) is 10.5 Å². The van der Waals surface area contributed by atoms with E-state index in [4.69, 9.17) is 22.2 Å². The van der Waals surface area contributed by atoms with Crippen LogP contribution in [0.15, 0.2) is 30.5 Å². The van der Waals surface area contributed by atoms with E-state index in [0.29, 0.717) is 23.9 Å². The minimum absolute atomic E-state index is 0.161. The van der Waals surface area contributed by atoms with Gasteiger partial charge in [-0.15, -0.1) is 5.10 Å². The third kappa shape index (κ3) is 3.67. The van der Waals surface area contributed by atoms with E-state index in [1.165, 1.54) is 10.9 Å². The van der Waals surface area contributed by atoms with Gasteiger partial charge in [0, 0.05) is 5.02 Å². The third-order valence-corrected chi connectivity index (χ3v) is 2.56. The lowest BCUT2D eigenvalue weighted by molar-refractivity contribution is 0.0948. The number of nitrogens with zero attached hydrogens (tertiary/aromatic N) is 3. The van der Waals surface area contributed by atoms with E-state index < -0.39 is 5.91 Å². The number of hydrogen-bond donors (Lipinski definition) is 2. The molecule has 0 radical (unpaired) electrons. The number of carbonyl (C=O) groups is 1. The monoisotopic (exact) mass is 281 g/mol. The molecule has 1 heterocycles. The van der Waals surface area contributed by atoms with E-state index in [1.807, 2.05) is 5.43 Å². The fraction of sp³-hybridized carbons (Fsp3) is 0.182. The summed E-state index contributed by atoms with van der Waals surface area (Å²) in [5, 5.41) is 8.11. The topological polar surface area (TPSA) is 95.1 Å². The second kappa shape index (κ2) is 6.17. The van der Waals surface area contributed by atoms with Crippen molar-refractivity contribution in [3.05, 3.63) is 41.2 Å². The van der Waals surface area contributed by atoms with Crippen molar-refractivity contribution in [2.75, 3.05) is 6.61 Å². The lowest BCUT2D eigenvalue weighted by Gasteiger charge is -2.05. The maximum atomic E-state index is 11.2. The van der Waals surface area contributed by atoms with Crippen LogP contribution in [0, 0.1) is 0 Å². The summed E-state index contributed by atoms with van der Waals surface area (Å²) < 4.78 is 6.99. The maximum Gasteiger partial charge on any atom is 0.287 e. The molecule has 2 rings (SSSR count). The van der Waals surface area contributed by atoms with E-state index in [-0.39, 0.29) is 5.69 Å². The summed E-state index contributed by atoms with van der Waals surface area (Å²) in [6.45, 7) is 0.863. The predicted molar refractivity (Wildman–Crippen MR) is 68.6 cm³/mol. The summed E-state index contributed by atoms with van der Waals surface area (Å²) in [6, 6.07) is 7.04. The molecule has 0 spiro atoms. The first kappa shape index (κ1) is 13.3. The van der Waals surface area contributed by atoms with Gasteiger partial charge in [-0.1, -0.05) is 16.8 Å². The molecule has 0 saturated carbocycles. The molecule has 7 nitrogen and oxygen atoms in total. The minimum Gasteiger partial charge on any atom is -0.492 e. The normalized spacial score (nSPS) is 10.2. The number of nitrogens with two attached hydrogens (primary N) is 1. The van der Waals surface area contributed by atoms with Crippen LogP contribution >= 0.6 is 11.6 Å². The highest BCUT2D eigenvalue weighted by molar-refractivity contribution is 6.30. The first-order valence-electron chi connectivity index (χ1n) is 5.48. The third-order valence-electron chi connectivity index (χ3n) is 2.31. The van der Waals surface area contributed by atoms with Crippen LogP contribution in [0.3, 0.4) is 0 Å². The lowest BCUT2D eigenvalue weighted by atomic mass is 10.3. The highest BCUT2D eigenvalue weighted by atomic mass is 35.5. The molecule has 0 fully saturated rings. The molecule has 8 heteroatoms. The van der Waals surface area contributed by atoms with Gasteiger partial charge < -0.3 is 4.74 Å². The first-order valence-corrected chi connectivity index (χ1v) is 5.86. The van der Waals surface area contributed by atoms with Crippen LogP contribution in [-0.4, -0.2) is 27.5 Å². The molecule has 19 heavy (non-hydrogen) atoms. The van der Waals surface area contributed by atoms with Crippen LogP contribution in [0.5, 0.6) is 5.75 Å². The quantitative estimate of drug-likeness (QED) is 0.476. The highest BCUT2D eigenvalue weighted by Gasteiger charge is 2.08. The van der Waals surface area contributed by atoms with E-state index in [0.717, 1.165) is 0 Å². The summed E-state index contributed by atoms with van der Waals surface area (Å²) in [5.74, 6) is 5.22. The van der Waals surface area contributed by atoms with Crippen molar-refractivity contribution in [1.29, 1.82) is 0 Å². The number of rotatable bonds is 5. The Balaban J connectivity index is 1.84. The Morgan fingerprint density at radius 1 is 1.42 bits per heavy atom. The Bertz CT molecular complexity index is 554. The van der Waals surface area contributed by atoms with Crippen molar-refractivity contribution >= 4 is 17.5 Å². The molecule has 1 aromatic carbocycles. The molecule has 2 aromatic rings. The maximum absolute atomic E-state index is 11.2. The van der Waals surface area contributed by atoms with Crippen LogP contribution in [-0.2, 0) is 6.54 Å². The van der Waals surface area contributed by atoms with Crippen molar-refractivity contribution < 1.29 is 9.53 Å². The predicted octanol–water partition coefficient (Wildman–Crippen LogP) is 0.614. The molecule has 0 aliphatic heterocycles. The van der Waals surface area contributed by atoms with Crippen molar-refractivity contribution in [2.24, 2.45) is 5.84 Å². The van der Waals surface area contributed by atoms with E-state index >= 15 is 0 Å². The Morgan fingerprint density at radius 2 is 2.16 bits per heavy atom. The van der Waals surface area contributed by atoms with Crippen LogP contribution in [0.4, 0.5) is 0 Å². The van der Waals surface area contributed by atoms with Gasteiger partial charge in [0.25, 0.3) is 5.91 Å². The molecule has 0 aliphatic carbocycles. The van der Waals surface area contributed by atoms with Crippen molar-refractivity contribution in [3.63, 3.8) is 0 Å². The zero-order chi connectivity index (χ0) is 13.7. The number of ether oxygens (including phenoxy) is 1. The number of aromatic nitrogens is 3. The molecular formula is C11H12ClN5O2. The average Bonchev–Trinajstić information content (AvgIpc) is 2.89. The van der Waals surface area contributed by atoms with Crippen molar-refractivity contribution in [3.8, 4) is 5.75 Å². The summed E-state index contributed by atoms with van der Waals surface area (Å²) >= 11 is 5.76. The van der Waals surface area contributed by atoms with Gasteiger partial charge in [0.05, 0.1) is 12.7 Å². The first-order chi connectivity index (χ1) is 9.19. The van der Waals surface area contributed by atoms with E-state index in [9.17, 15) is 4.79 Å². The Morgan fingerprint density at radius 3 is 2.84 bits per heavy atom. The molecule has 3 N–H and O–H groups in total. The lowest BCUT2D eigenvalue weighted by Crippen LogP contribution is -2.30. The largest absolute Gasteiger partial charge is 0.492 e. The zero-order valence-electron chi connectivity index (χ0n) is 9.91. The number of halogens is 1. The summed E-state index contributed by atoms with van der Waals surface area (Å²) in [6.07, 6.45) is 1.49. The fourth-order valence-electron chi connectivity index (χ4n) is 1.37. The molecular weight excluding hydrogens is 270 g/mol. The smallest absolute Gasteiger partial charge is 0.287 e. The van der Waals surface area contributed by atoms with Crippen LogP contribution in [0.25, 0.3) is 0 Å². The summed E-state index contributed by atoms with van der Waals surface area (Å²) in [4.78, 5) is 11.2. The average molecular weight is 282 g/mol. The summed E-state index contributed by atoms with van der Waals surface area (Å²) in [7, 11) is 0. The van der Waals surface area contributed by atoms with Gasteiger partial charge in [0.15, 0.2) is 5.69 Å². The van der Waals surface area contributed by atoms with Gasteiger partial charge in [0.1, 0.15) is 12.4 Å². The molecule has 0 unspecified atom stereocenters. The molecule has 1 amide bonds. The Kier molecular flexibility index (Phi) is 4.32. The van der Waals surface area contributed by atoms with Gasteiger partial charge in [-0.25, -0.2) is 10.5 Å². The molecule has 0 bridgehead atoms. The number of hydrazine groups is 1. The van der Waals surface area contributed by atoms with Crippen LogP contribution < -0.4 is 16.0 Å². The number of nitrogens with one attached hydrogen (secondary N) is 1. The molecule has 1 aromatic heterocycles. The number of hydrogen-bond acceptors (Lipinski definition) is 5. The Hall–Kier alpha value is -2.12. The molecule has 0 aliphatic rings. The second-order valence-corrected chi connectivity index (χ2v) is 4.08. The number of benzene rings is 1.